The summed E-state index contributed by atoms with van der Waals surface area (Å²) in [6.45, 7) is 4.72. The predicted octanol–water partition coefficient (Wildman–Crippen LogP) is 0.750. The van der Waals surface area contributed by atoms with Gasteiger partial charge in [-0.2, -0.15) is 9.29 Å². The van der Waals surface area contributed by atoms with Gasteiger partial charge >= 0.3 is 0 Å². The Morgan fingerprint density at radius 1 is 1.38 bits per heavy atom. The fraction of sp³-hybridized carbons (Fsp3) is 0.846. The van der Waals surface area contributed by atoms with Crippen molar-refractivity contribution in [2.45, 2.75) is 45.3 Å². The number of nitrogens with zero attached hydrogens (tertiary/aromatic N) is 3. The van der Waals surface area contributed by atoms with Crippen LogP contribution in [-0.4, -0.2) is 53.9 Å². The molecule has 2 fully saturated rings. The molecule has 3 heterocycles. The van der Waals surface area contributed by atoms with E-state index in [0.29, 0.717) is 37.6 Å². The van der Waals surface area contributed by atoms with Gasteiger partial charge in [0.05, 0.1) is 24.4 Å². The summed E-state index contributed by atoms with van der Waals surface area (Å²) in [6, 6.07) is 0. The molecular formula is C13H21N3O4S. The van der Waals surface area contributed by atoms with E-state index in [1.54, 1.807) is 11.2 Å². The second-order valence-electron chi connectivity index (χ2n) is 5.86. The highest BCUT2D eigenvalue weighted by Crippen LogP contribution is 2.35. The lowest BCUT2D eigenvalue weighted by Crippen LogP contribution is -2.33. The molecule has 1 aromatic heterocycles. The van der Waals surface area contributed by atoms with E-state index >= 15 is 0 Å². The van der Waals surface area contributed by atoms with Gasteiger partial charge in [-0.3, -0.25) is 0 Å². The molecule has 7 nitrogen and oxygen atoms in total. The summed E-state index contributed by atoms with van der Waals surface area (Å²) in [4.78, 5) is 4.18. The minimum atomic E-state index is -3.11. The Balaban J connectivity index is 1.56. The number of aromatic nitrogens is 2. The van der Waals surface area contributed by atoms with Crippen molar-refractivity contribution in [3.8, 4) is 0 Å². The van der Waals surface area contributed by atoms with E-state index in [4.69, 9.17) is 9.26 Å². The smallest absolute Gasteiger partial charge is 0.229 e. The maximum atomic E-state index is 12.1. The van der Waals surface area contributed by atoms with Gasteiger partial charge in [0, 0.05) is 19.0 Å². The lowest BCUT2D eigenvalue weighted by molar-refractivity contribution is 0.0400. The molecular weight excluding hydrogens is 294 g/mol. The Morgan fingerprint density at radius 2 is 2.19 bits per heavy atom. The zero-order chi connectivity index (χ0) is 15.0. The van der Waals surface area contributed by atoms with Gasteiger partial charge in [-0.1, -0.05) is 12.1 Å². The van der Waals surface area contributed by atoms with Crippen LogP contribution in [-0.2, 0) is 21.2 Å². The Kier molecular flexibility index (Phi) is 4.02. The van der Waals surface area contributed by atoms with Crippen molar-refractivity contribution >= 4 is 10.0 Å². The highest BCUT2D eigenvalue weighted by Gasteiger charge is 2.45. The molecule has 0 bridgehead atoms. The number of aryl methyl sites for hydroxylation is 1. The summed E-state index contributed by atoms with van der Waals surface area (Å²) in [7, 11) is -3.11. The molecule has 118 valence electrons. The van der Waals surface area contributed by atoms with Crippen LogP contribution in [0.25, 0.3) is 0 Å². The minimum absolute atomic E-state index is 0.00523. The molecule has 0 saturated carbocycles. The number of hydrogen-bond acceptors (Lipinski definition) is 6. The quantitative estimate of drug-likeness (QED) is 0.797. The summed E-state index contributed by atoms with van der Waals surface area (Å²) in [5.74, 6) is 1.72. The Hall–Kier alpha value is -0.990. The fourth-order valence-electron chi connectivity index (χ4n) is 3.19. The van der Waals surface area contributed by atoms with Crippen LogP contribution in [0, 0.1) is 12.8 Å². The summed E-state index contributed by atoms with van der Waals surface area (Å²) >= 11 is 0. The first-order chi connectivity index (χ1) is 9.98. The van der Waals surface area contributed by atoms with Crippen molar-refractivity contribution in [1.29, 1.82) is 0 Å². The molecule has 2 aliphatic rings. The summed E-state index contributed by atoms with van der Waals surface area (Å²) in [5, 5.41) is 3.77. The van der Waals surface area contributed by atoms with Crippen LogP contribution < -0.4 is 0 Å². The topological polar surface area (TPSA) is 85.5 Å². The van der Waals surface area contributed by atoms with Crippen molar-refractivity contribution in [3.05, 3.63) is 11.7 Å². The van der Waals surface area contributed by atoms with Crippen molar-refractivity contribution in [3.63, 3.8) is 0 Å². The molecule has 21 heavy (non-hydrogen) atoms. The highest BCUT2D eigenvalue weighted by atomic mass is 32.2. The van der Waals surface area contributed by atoms with E-state index in [2.05, 4.69) is 10.1 Å². The van der Waals surface area contributed by atoms with Crippen LogP contribution in [0.15, 0.2) is 4.52 Å². The molecule has 0 aromatic carbocycles. The van der Waals surface area contributed by atoms with E-state index in [9.17, 15) is 8.42 Å². The zero-order valence-corrected chi connectivity index (χ0v) is 13.2. The Labute approximate surface area is 124 Å². The summed E-state index contributed by atoms with van der Waals surface area (Å²) in [5.41, 5.74) is 0. The van der Waals surface area contributed by atoms with Gasteiger partial charge in [0.15, 0.2) is 5.82 Å². The van der Waals surface area contributed by atoms with Gasteiger partial charge in [0.2, 0.25) is 15.9 Å². The van der Waals surface area contributed by atoms with Gasteiger partial charge in [0.1, 0.15) is 0 Å². The maximum absolute atomic E-state index is 12.1. The zero-order valence-electron chi connectivity index (χ0n) is 12.4. The molecule has 0 N–H and O–H groups in total. The summed E-state index contributed by atoms with van der Waals surface area (Å²) in [6.07, 6.45) is 2.16. The molecule has 2 saturated heterocycles. The monoisotopic (exact) mass is 315 g/mol. The molecule has 0 spiro atoms. The Morgan fingerprint density at radius 3 is 2.81 bits per heavy atom. The third-order valence-corrected chi connectivity index (χ3v) is 6.12. The van der Waals surface area contributed by atoms with Crippen molar-refractivity contribution in [2.24, 2.45) is 5.92 Å². The number of fused-ring (bicyclic) bond motifs is 1. The molecule has 8 heteroatoms. The second kappa shape index (κ2) is 5.66. The standard InChI is InChI=1S/C13H21N3O4S/c1-3-4-21(17,18)16-7-10-5-11(19-12(10)8-16)6-13-14-9(2)15-20-13/h10-12H,3-8H2,1-2H3/t10-,11-,12+/m0/s1. The first-order valence-corrected chi connectivity index (χ1v) is 9.01. The molecule has 3 rings (SSSR count). The molecule has 0 aliphatic carbocycles. The van der Waals surface area contributed by atoms with Crippen LogP contribution in [0.1, 0.15) is 31.5 Å². The number of hydrogen-bond donors (Lipinski definition) is 0. The lowest BCUT2D eigenvalue weighted by Gasteiger charge is -2.18. The van der Waals surface area contributed by atoms with Crippen LogP contribution in [0.5, 0.6) is 0 Å². The molecule has 0 amide bonds. The largest absolute Gasteiger partial charge is 0.373 e. The predicted molar refractivity (Wildman–Crippen MR) is 75.2 cm³/mol. The second-order valence-corrected chi connectivity index (χ2v) is 7.95. The van der Waals surface area contributed by atoms with E-state index in [-0.39, 0.29) is 23.9 Å². The first-order valence-electron chi connectivity index (χ1n) is 7.40. The van der Waals surface area contributed by atoms with E-state index in [1.165, 1.54) is 0 Å². The lowest BCUT2D eigenvalue weighted by atomic mass is 10.0. The summed E-state index contributed by atoms with van der Waals surface area (Å²) < 4.78 is 36.8. The van der Waals surface area contributed by atoms with E-state index < -0.39 is 10.0 Å². The van der Waals surface area contributed by atoms with Crippen molar-refractivity contribution in [2.75, 3.05) is 18.8 Å². The van der Waals surface area contributed by atoms with Crippen LogP contribution >= 0.6 is 0 Å². The molecule has 0 radical (unpaired) electrons. The maximum Gasteiger partial charge on any atom is 0.229 e. The first kappa shape index (κ1) is 14.9. The van der Waals surface area contributed by atoms with Gasteiger partial charge in [-0.25, -0.2) is 8.42 Å². The third-order valence-electron chi connectivity index (χ3n) is 4.11. The molecule has 2 aliphatic heterocycles. The third kappa shape index (κ3) is 3.12. The van der Waals surface area contributed by atoms with Crippen LogP contribution in [0.3, 0.4) is 0 Å². The van der Waals surface area contributed by atoms with E-state index in [0.717, 1.165) is 6.42 Å². The SMILES string of the molecule is CCCS(=O)(=O)N1C[C@@H]2C[C@@H](Cc3nc(C)no3)O[C@@H]2C1. The van der Waals surface area contributed by atoms with Crippen molar-refractivity contribution in [1.82, 2.24) is 14.4 Å². The van der Waals surface area contributed by atoms with E-state index in [1.807, 2.05) is 6.92 Å². The molecule has 0 unspecified atom stereocenters. The average Bonchev–Trinajstić information content (AvgIpc) is 3.04. The van der Waals surface area contributed by atoms with Gasteiger partial charge in [-0.15, -0.1) is 0 Å². The minimum Gasteiger partial charge on any atom is -0.373 e. The van der Waals surface area contributed by atoms with Gasteiger partial charge in [0.25, 0.3) is 0 Å². The van der Waals surface area contributed by atoms with Crippen LogP contribution in [0.2, 0.25) is 0 Å². The molecule has 3 atom stereocenters. The number of sulfonamides is 1. The Bertz CT molecular complexity index is 586. The number of rotatable bonds is 5. The highest BCUT2D eigenvalue weighted by molar-refractivity contribution is 7.89. The number of ether oxygens (including phenoxy) is 1. The fourth-order valence-corrected chi connectivity index (χ4v) is 4.75. The van der Waals surface area contributed by atoms with Gasteiger partial charge < -0.3 is 9.26 Å². The van der Waals surface area contributed by atoms with Crippen LogP contribution in [0.4, 0.5) is 0 Å². The normalized spacial score (nSPS) is 29.9. The van der Waals surface area contributed by atoms with Gasteiger partial charge in [-0.05, 0) is 19.8 Å². The molecule has 1 aromatic rings. The average molecular weight is 315 g/mol. The van der Waals surface area contributed by atoms with Crippen molar-refractivity contribution < 1.29 is 17.7 Å².